The van der Waals surface area contributed by atoms with Crippen molar-refractivity contribution in [1.29, 1.82) is 0 Å². The summed E-state index contributed by atoms with van der Waals surface area (Å²) in [7, 11) is 0. The first-order valence-corrected chi connectivity index (χ1v) is 17.3. The molecular weight excluding hydrogens is 640 g/mol. The number of rotatable bonds is 25. The summed E-state index contributed by atoms with van der Waals surface area (Å²) in [4.78, 5) is 22.5. The Bertz CT molecular complexity index is 1220. The van der Waals surface area contributed by atoms with Gasteiger partial charge in [-0.2, -0.15) is 9.78 Å². The van der Waals surface area contributed by atoms with E-state index >= 15 is 0 Å². The molecule has 4 rings (SSSR count). The fourth-order valence-electron chi connectivity index (χ4n) is 5.79. The third kappa shape index (κ3) is 11.7. The average molecular weight is 691 g/mol. The van der Waals surface area contributed by atoms with Gasteiger partial charge in [0, 0.05) is 24.7 Å². The van der Waals surface area contributed by atoms with E-state index in [2.05, 4.69) is 0 Å². The number of ether oxygens (including phenoxy) is 4. The Morgan fingerprint density at radius 1 is 0.420 bits per heavy atom. The molecule has 0 aliphatic heterocycles. The van der Waals surface area contributed by atoms with Crippen LogP contribution in [0.15, 0.2) is 121 Å². The predicted octanol–water partition coefficient (Wildman–Crippen LogP) is 9.24. The minimum Gasteiger partial charge on any atom is -0.494 e. The molecule has 0 saturated carbocycles. The fraction of sp³-hybridized carbons (Fsp3) is 0.400. The fourth-order valence-corrected chi connectivity index (χ4v) is 5.79. The van der Waals surface area contributed by atoms with Crippen LogP contribution in [-0.2, 0) is 19.6 Å². The average Bonchev–Trinajstić information content (AvgIpc) is 3.18. The van der Waals surface area contributed by atoms with E-state index in [9.17, 15) is 10.5 Å². The van der Waals surface area contributed by atoms with Gasteiger partial charge >= 0.3 is 0 Å². The van der Waals surface area contributed by atoms with Gasteiger partial charge in [0.2, 0.25) is 11.6 Å². The summed E-state index contributed by atoms with van der Waals surface area (Å²) in [6.07, 6.45) is 2.06. The Labute approximate surface area is 295 Å². The lowest BCUT2D eigenvalue weighted by Gasteiger charge is -2.41. The van der Waals surface area contributed by atoms with Crippen molar-refractivity contribution in [3.8, 4) is 23.0 Å². The van der Waals surface area contributed by atoms with Crippen molar-refractivity contribution in [2.24, 2.45) is 11.8 Å². The highest BCUT2D eigenvalue weighted by Crippen LogP contribution is 2.39. The van der Waals surface area contributed by atoms with Crippen LogP contribution >= 0.6 is 0 Å². The molecule has 0 saturated heterocycles. The van der Waals surface area contributed by atoms with Gasteiger partial charge in [0.15, 0.2) is 0 Å². The van der Waals surface area contributed by atoms with Crippen molar-refractivity contribution >= 4 is 0 Å². The lowest BCUT2D eigenvalue weighted by molar-refractivity contribution is -0.587. The lowest BCUT2D eigenvalue weighted by atomic mass is 9.89. The maximum atomic E-state index is 10.5. The van der Waals surface area contributed by atoms with Gasteiger partial charge in [-0.05, 0) is 74.2 Å². The van der Waals surface area contributed by atoms with Crippen LogP contribution in [0.1, 0.15) is 52.4 Å². The number of para-hydroxylation sites is 4. The molecule has 2 N–H and O–H groups in total. The van der Waals surface area contributed by atoms with Crippen LogP contribution in [0, 0.1) is 11.8 Å². The molecule has 0 fully saturated rings. The minimum absolute atomic E-state index is 0.189. The quantitative estimate of drug-likeness (QED) is 0.0396. The maximum Gasteiger partial charge on any atom is 0.236 e. The van der Waals surface area contributed by atoms with Gasteiger partial charge in [0.25, 0.3) is 0 Å². The molecule has 10 heteroatoms. The van der Waals surface area contributed by atoms with E-state index in [-0.39, 0.29) is 12.8 Å². The summed E-state index contributed by atoms with van der Waals surface area (Å²) in [5.74, 6) is -1.41. The molecule has 0 radical (unpaired) electrons. The summed E-state index contributed by atoms with van der Waals surface area (Å²) in [5.41, 5.74) is 0. The van der Waals surface area contributed by atoms with Crippen LogP contribution in [0.2, 0.25) is 0 Å². The standard InChI is InChI=1S/C40H50O10/c1-3-39(47-41,33(25-29-43-35-17-9-5-10-18-35)26-30-44-36-19-11-6-12-20-36)49-50-40(4-2,48-42)34(27-31-45-37-21-13-7-14-22-37)28-32-46-38-23-15-8-16-24-38/h5-24,33-34,41-42H,3-4,25-32H2,1-2H3. The summed E-state index contributed by atoms with van der Waals surface area (Å²) in [5, 5.41) is 20.9. The molecule has 0 aliphatic rings. The lowest BCUT2D eigenvalue weighted by Crippen LogP contribution is -2.50. The third-order valence-electron chi connectivity index (χ3n) is 8.78. The SMILES string of the molecule is CCC(OO)(OOC(CC)(OO)C(CCOc1ccccc1)CCOc1ccccc1)C(CCOc1ccccc1)CCOc1ccccc1. The minimum atomic E-state index is -1.66. The third-order valence-corrected chi connectivity index (χ3v) is 8.78. The largest absolute Gasteiger partial charge is 0.494 e. The molecule has 270 valence electrons. The topological polar surface area (TPSA) is 114 Å². The number of hydrogen-bond donors (Lipinski definition) is 2. The van der Waals surface area contributed by atoms with Crippen molar-refractivity contribution < 1.29 is 49.0 Å². The molecule has 0 amide bonds. The molecule has 50 heavy (non-hydrogen) atoms. The Hall–Kier alpha value is -4.16. The Kier molecular flexibility index (Phi) is 16.3. The predicted molar refractivity (Wildman–Crippen MR) is 189 cm³/mol. The van der Waals surface area contributed by atoms with Crippen LogP contribution in [0.25, 0.3) is 0 Å². The molecule has 2 atom stereocenters. The van der Waals surface area contributed by atoms with E-state index in [0.717, 1.165) is 0 Å². The van der Waals surface area contributed by atoms with E-state index in [4.69, 9.17) is 38.5 Å². The molecular formula is C40H50O10. The Balaban J connectivity index is 1.51. The second kappa shape index (κ2) is 21.1. The van der Waals surface area contributed by atoms with Crippen LogP contribution in [0.3, 0.4) is 0 Å². The molecule has 0 aromatic heterocycles. The van der Waals surface area contributed by atoms with Gasteiger partial charge in [-0.1, -0.05) is 86.6 Å². The van der Waals surface area contributed by atoms with Gasteiger partial charge in [0.05, 0.1) is 26.4 Å². The van der Waals surface area contributed by atoms with E-state index in [0.29, 0.717) is 75.1 Å². The summed E-state index contributed by atoms with van der Waals surface area (Å²) >= 11 is 0. The van der Waals surface area contributed by atoms with Gasteiger partial charge in [-0.15, -0.1) is 0 Å². The highest BCUT2D eigenvalue weighted by Gasteiger charge is 2.48. The van der Waals surface area contributed by atoms with Crippen LogP contribution in [0.5, 0.6) is 23.0 Å². The molecule has 10 nitrogen and oxygen atoms in total. The second-order valence-corrected chi connectivity index (χ2v) is 11.9. The molecule has 0 aliphatic carbocycles. The molecule has 0 heterocycles. The molecule has 2 unspecified atom stereocenters. The van der Waals surface area contributed by atoms with Crippen molar-refractivity contribution in [1.82, 2.24) is 0 Å². The van der Waals surface area contributed by atoms with Gasteiger partial charge in [-0.3, -0.25) is 0 Å². The van der Waals surface area contributed by atoms with Gasteiger partial charge in [-0.25, -0.2) is 20.3 Å². The van der Waals surface area contributed by atoms with E-state index in [1.165, 1.54) is 0 Å². The van der Waals surface area contributed by atoms with E-state index in [1.54, 1.807) is 0 Å². The monoisotopic (exact) mass is 690 g/mol. The van der Waals surface area contributed by atoms with Crippen molar-refractivity contribution in [3.63, 3.8) is 0 Å². The zero-order chi connectivity index (χ0) is 35.3. The summed E-state index contributed by atoms with van der Waals surface area (Å²) in [6, 6.07) is 37.9. The van der Waals surface area contributed by atoms with E-state index in [1.807, 2.05) is 135 Å². The zero-order valence-electron chi connectivity index (χ0n) is 28.9. The van der Waals surface area contributed by atoms with Crippen LogP contribution < -0.4 is 18.9 Å². The van der Waals surface area contributed by atoms with Crippen molar-refractivity contribution in [2.45, 2.75) is 63.9 Å². The van der Waals surface area contributed by atoms with Crippen LogP contribution in [-0.4, -0.2) is 48.5 Å². The highest BCUT2D eigenvalue weighted by atomic mass is 17.3. The molecule has 4 aromatic carbocycles. The normalized spacial score (nSPS) is 13.8. The Morgan fingerprint density at radius 2 is 0.660 bits per heavy atom. The smallest absolute Gasteiger partial charge is 0.236 e. The maximum absolute atomic E-state index is 10.5. The van der Waals surface area contributed by atoms with Gasteiger partial charge in [0.1, 0.15) is 23.0 Å². The van der Waals surface area contributed by atoms with Crippen molar-refractivity contribution in [3.05, 3.63) is 121 Å². The first kappa shape index (κ1) is 38.6. The van der Waals surface area contributed by atoms with Crippen LogP contribution in [0.4, 0.5) is 0 Å². The molecule has 0 spiro atoms. The molecule has 0 bridgehead atoms. The summed E-state index contributed by atoms with van der Waals surface area (Å²) in [6.45, 7) is 4.85. The number of benzene rings is 4. The van der Waals surface area contributed by atoms with Crippen molar-refractivity contribution in [2.75, 3.05) is 26.4 Å². The Morgan fingerprint density at radius 3 is 0.860 bits per heavy atom. The van der Waals surface area contributed by atoms with Gasteiger partial charge < -0.3 is 18.9 Å². The van der Waals surface area contributed by atoms with E-state index < -0.39 is 23.4 Å². The summed E-state index contributed by atoms with van der Waals surface area (Å²) < 4.78 is 24.0. The highest BCUT2D eigenvalue weighted by molar-refractivity contribution is 5.23. The second-order valence-electron chi connectivity index (χ2n) is 11.9. The first-order chi connectivity index (χ1) is 24.6. The zero-order valence-corrected chi connectivity index (χ0v) is 28.9. The molecule has 4 aromatic rings. The first-order valence-electron chi connectivity index (χ1n) is 17.3. The number of hydrogen-bond acceptors (Lipinski definition) is 10.